The maximum absolute atomic E-state index is 13.3. The number of nitrogens with one attached hydrogen (secondary N) is 8. The zero-order chi connectivity index (χ0) is 50.1. The molecule has 0 aliphatic carbocycles. The summed E-state index contributed by atoms with van der Waals surface area (Å²) in [5.41, 5.74) is 26.4. The number of nitrogens with two attached hydrogens (primary N) is 2. The number of hydrogen-bond acceptors (Lipinski definition) is 10. The number of nitrogens with zero attached hydrogens (tertiary/aromatic N) is 2. The maximum Gasteiger partial charge on any atom is 0.220 e. The number of aromatic amines is 2. The van der Waals surface area contributed by atoms with E-state index in [-0.39, 0.29) is 11.8 Å². The molecular formula is C56H86N12O2. The Morgan fingerprint density at radius 1 is 0.486 bits per heavy atom. The lowest BCUT2D eigenvalue weighted by Crippen LogP contribution is -2.26. The average molecular weight is 959 g/mol. The van der Waals surface area contributed by atoms with Crippen LogP contribution in [0.3, 0.4) is 0 Å². The maximum atomic E-state index is 13.3. The van der Waals surface area contributed by atoms with Crippen LogP contribution in [-0.2, 0) is 9.59 Å². The van der Waals surface area contributed by atoms with Crippen LogP contribution < -0.4 is 43.4 Å². The SMILES string of the molecule is C=Cc1c(C)c2cc3[nH]c(cc4nc(cc5nc(cc1[nH]2)C(C)=C5CCC(=O)NCCCCNCCCNCCCCN)C(CCC(=O)NCCCCNCCCNCCCCN)=C4C)c(C)c3C=C. The Morgan fingerprint density at radius 2 is 0.843 bits per heavy atom. The number of fused-ring (bicyclic) bond motifs is 8. The van der Waals surface area contributed by atoms with Crippen LogP contribution in [0, 0.1) is 13.8 Å². The van der Waals surface area contributed by atoms with Gasteiger partial charge in [0.1, 0.15) is 0 Å². The van der Waals surface area contributed by atoms with E-state index >= 15 is 0 Å². The lowest BCUT2D eigenvalue weighted by atomic mass is 9.98. The first-order valence-electron chi connectivity index (χ1n) is 26.3. The van der Waals surface area contributed by atoms with Crippen LogP contribution in [0.2, 0.25) is 0 Å². The lowest BCUT2D eigenvalue weighted by Gasteiger charge is -2.09. The van der Waals surface area contributed by atoms with E-state index in [1.54, 1.807) is 0 Å². The van der Waals surface area contributed by atoms with E-state index in [1.807, 2.05) is 12.2 Å². The summed E-state index contributed by atoms with van der Waals surface area (Å²) in [7, 11) is 0. The number of carbonyl (C=O) groups excluding carboxylic acids is 2. The molecule has 70 heavy (non-hydrogen) atoms. The first kappa shape index (κ1) is 55.7. The molecule has 0 aromatic carbocycles. The number of rotatable bonds is 34. The second-order valence-electron chi connectivity index (χ2n) is 18.8. The molecule has 12 N–H and O–H groups in total. The summed E-state index contributed by atoms with van der Waals surface area (Å²) < 4.78 is 0. The number of carbonyl (C=O) groups is 2. The molecule has 3 aromatic rings. The predicted molar refractivity (Wildman–Crippen MR) is 296 cm³/mol. The Bertz CT molecular complexity index is 2430. The lowest BCUT2D eigenvalue weighted by molar-refractivity contribution is -0.121. The van der Waals surface area contributed by atoms with Crippen molar-refractivity contribution in [3.63, 3.8) is 0 Å². The highest BCUT2D eigenvalue weighted by Gasteiger charge is 2.23. The van der Waals surface area contributed by atoms with Crippen molar-refractivity contribution in [2.45, 2.75) is 118 Å². The molecule has 0 saturated heterocycles. The Balaban J connectivity index is 1.30. The van der Waals surface area contributed by atoms with Gasteiger partial charge < -0.3 is 53.3 Å². The fourth-order valence-corrected chi connectivity index (χ4v) is 9.13. The van der Waals surface area contributed by atoms with Crippen LogP contribution in [-0.4, -0.2) is 110 Å². The van der Waals surface area contributed by atoms with Gasteiger partial charge in [-0.05, 0) is 228 Å². The third-order valence-corrected chi connectivity index (χ3v) is 13.5. The molecule has 5 heterocycles. The molecule has 2 amide bonds. The quantitative estimate of drug-likeness (QED) is 0.0260. The monoisotopic (exact) mass is 959 g/mol. The number of aryl methyl sites for hydroxylation is 2. The van der Waals surface area contributed by atoms with Crippen molar-refractivity contribution < 1.29 is 9.59 Å². The van der Waals surface area contributed by atoms with Gasteiger partial charge in [-0.3, -0.25) is 9.59 Å². The Morgan fingerprint density at radius 3 is 1.26 bits per heavy atom. The van der Waals surface area contributed by atoms with Crippen molar-refractivity contribution in [3.05, 3.63) is 82.5 Å². The van der Waals surface area contributed by atoms with Gasteiger partial charge in [0, 0.05) is 59.1 Å². The van der Waals surface area contributed by atoms with Crippen LogP contribution in [0.5, 0.6) is 0 Å². The average Bonchev–Trinajstić information content (AvgIpc) is 4.02. The van der Waals surface area contributed by atoms with Crippen molar-refractivity contribution >= 4 is 68.3 Å². The first-order valence-corrected chi connectivity index (χ1v) is 26.3. The smallest absolute Gasteiger partial charge is 0.220 e. The van der Waals surface area contributed by atoms with Gasteiger partial charge in [0.25, 0.3) is 0 Å². The molecule has 14 heteroatoms. The van der Waals surface area contributed by atoms with Crippen molar-refractivity contribution in [3.8, 4) is 0 Å². The van der Waals surface area contributed by atoms with Crippen molar-refractivity contribution in [1.29, 1.82) is 0 Å². The van der Waals surface area contributed by atoms with Crippen molar-refractivity contribution in [1.82, 2.24) is 51.8 Å². The molecule has 5 rings (SSSR count). The van der Waals surface area contributed by atoms with Crippen LogP contribution in [0.4, 0.5) is 0 Å². The number of unbranched alkanes of at least 4 members (excludes halogenated alkanes) is 4. The number of allylic oxidation sites excluding steroid dienone is 4. The van der Waals surface area contributed by atoms with E-state index in [2.05, 4.69) is 107 Å². The summed E-state index contributed by atoms with van der Waals surface area (Å²) in [6.07, 6.45) is 15.9. The highest BCUT2D eigenvalue weighted by Crippen LogP contribution is 2.38. The molecule has 0 radical (unpaired) electrons. The first-order chi connectivity index (χ1) is 34.1. The largest absolute Gasteiger partial charge is 0.356 e. The van der Waals surface area contributed by atoms with Crippen LogP contribution >= 0.6 is 0 Å². The summed E-state index contributed by atoms with van der Waals surface area (Å²) in [6, 6.07) is 8.39. The van der Waals surface area contributed by atoms with Gasteiger partial charge in [0.2, 0.25) is 11.8 Å². The van der Waals surface area contributed by atoms with Gasteiger partial charge in [-0.15, -0.1) is 0 Å². The van der Waals surface area contributed by atoms with Gasteiger partial charge in [-0.2, -0.15) is 0 Å². The molecular weight excluding hydrogens is 873 g/mol. The van der Waals surface area contributed by atoms with E-state index in [0.717, 1.165) is 219 Å². The van der Waals surface area contributed by atoms with Gasteiger partial charge in [-0.1, -0.05) is 25.3 Å². The number of amides is 2. The summed E-state index contributed by atoms with van der Waals surface area (Å²) in [5.74, 6) is 0.0521. The standard InChI is InChI=1S/C56H86N12O2/c1-7-43-39(3)47-35-48-41(5)45(19-21-55(69)63-33-15-13-27-61-31-17-29-59-25-11-9-23-57)53(67-48)38-54-46(20-22-56(70)64-34-16-14-28-62-32-18-30-60-26-12-10-24-58)42(6)50(68-54)37-52-44(8-2)40(4)49(66-52)36-51(43)65-47/h7-8,35-38,59-62,65-66H,1-2,9-34,57-58H2,3-6H3,(H,63,69)(H,64,70). The van der Waals surface area contributed by atoms with Gasteiger partial charge in [-0.25, -0.2) is 9.97 Å². The normalized spacial score (nSPS) is 12.5. The second-order valence-corrected chi connectivity index (χ2v) is 18.8. The molecule has 3 aromatic heterocycles. The molecule has 0 spiro atoms. The van der Waals surface area contributed by atoms with Gasteiger partial charge in [0.15, 0.2) is 0 Å². The second kappa shape index (κ2) is 30.5. The summed E-state index contributed by atoms with van der Waals surface area (Å²) in [6.45, 7) is 27.4. The minimum absolute atomic E-state index is 0.0256. The zero-order valence-electron chi connectivity index (χ0n) is 43.1. The fourth-order valence-electron chi connectivity index (χ4n) is 9.13. The van der Waals surface area contributed by atoms with Crippen LogP contribution in [0.15, 0.2) is 37.4 Å². The van der Waals surface area contributed by atoms with Gasteiger partial charge >= 0.3 is 0 Å². The van der Waals surface area contributed by atoms with Crippen LogP contribution in [0.1, 0.15) is 149 Å². The molecule has 2 aliphatic rings. The minimum atomic E-state index is 0.0256. The molecule has 8 bridgehead atoms. The van der Waals surface area contributed by atoms with E-state index in [4.69, 9.17) is 21.4 Å². The fraction of sp³-hybridized carbons (Fsp3) is 0.536. The summed E-state index contributed by atoms with van der Waals surface area (Å²) in [4.78, 5) is 44.5. The summed E-state index contributed by atoms with van der Waals surface area (Å²) >= 11 is 0. The Hall–Kier alpha value is -5.22. The number of aromatic nitrogens is 4. The molecule has 0 fully saturated rings. The third-order valence-electron chi connectivity index (χ3n) is 13.5. The van der Waals surface area contributed by atoms with Gasteiger partial charge in [0.05, 0.1) is 22.8 Å². The topological polar surface area (TPSA) is 216 Å². The third kappa shape index (κ3) is 17.0. The zero-order valence-corrected chi connectivity index (χ0v) is 43.1. The van der Waals surface area contributed by atoms with E-state index in [1.165, 1.54) is 0 Å². The Labute approximate surface area is 418 Å². The van der Waals surface area contributed by atoms with Crippen LogP contribution in [0.25, 0.3) is 56.5 Å². The number of H-pyrrole nitrogens is 2. The molecule has 0 saturated carbocycles. The summed E-state index contributed by atoms with van der Waals surface area (Å²) in [5, 5.41) is 20.3. The molecule has 382 valence electrons. The van der Waals surface area contributed by atoms with Crippen molar-refractivity contribution in [2.24, 2.45) is 11.5 Å². The highest BCUT2D eigenvalue weighted by atomic mass is 16.2. The highest BCUT2D eigenvalue weighted by molar-refractivity contribution is 5.97. The van der Waals surface area contributed by atoms with E-state index in [0.29, 0.717) is 38.8 Å². The van der Waals surface area contributed by atoms with E-state index < -0.39 is 0 Å². The van der Waals surface area contributed by atoms with Crippen molar-refractivity contribution in [2.75, 3.05) is 78.5 Å². The number of hydrogen-bond donors (Lipinski definition) is 10. The minimum Gasteiger partial charge on any atom is -0.356 e. The molecule has 2 aliphatic heterocycles. The Kier molecular flexibility index (Phi) is 24.3. The van der Waals surface area contributed by atoms with E-state index in [9.17, 15) is 9.59 Å². The molecule has 14 nitrogen and oxygen atoms in total. The predicted octanol–water partition coefficient (Wildman–Crippen LogP) is 8.05. The molecule has 0 atom stereocenters. The molecule has 0 unspecified atom stereocenters.